The molecule has 0 saturated heterocycles. The van der Waals surface area contributed by atoms with E-state index in [-0.39, 0.29) is 18.0 Å². The Balaban J connectivity index is 1.72. The summed E-state index contributed by atoms with van der Waals surface area (Å²) in [5.41, 5.74) is 0.704. The molecule has 0 radical (unpaired) electrons. The van der Waals surface area contributed by atoms with Gasteiger partial charge in [-0.1, -0.05) is 25.0 Å². The Labute approximate surface area is 120 Å². The van der Waals surface area contributed by atoms with Gasteiger partial charge in [0.15, 0.2) is 0 Å². The maximum atomic E-state index is 13.8. The lowest BCUT2D eigenvalue weighted by atomic mass is 9.66. The molecule has 20 heavy (non-hydrogen) atoms. The molecule has 2 saturated carbocycles. The van der Waals surface area contributed by atoms with Crippen molar-refractivity contribution < 1.29 is 9.50 Å². The summed E-state index contributed by atoms with van der Waals surface area (Å²) >= 11 is 0. The summed E-state index contributed by atoms with van der Waals surface area (Å²) in [6.07, 6.45) is 9.60. The summed E-state index contributed by atoms with van der Waals surface area (Å²) in [6, 6.07) is 6.75. The van der Waals surface area contributed by atoms with Crippen molar-refractivity contribution in [1.82, 2.24) is 0 Å². The van der Waals surface area contributed by atoms with Crippen LogP contribution in [0.15, 0.2) is 24.3 Å². The van der Waals surface area contributed by atoms with Crippen molar-refractivity contribution in [3.8, 4) is 0 Å². The highest BCUT2D eigenvalue weighted by atomic mass is 19.1. The molecule has 3 heteroatoms. The predicted octanol–water partition coefficient (Wildman–Crippen LogP) is 4.10. The van der Waals surface area contributed by atoms with Gasteiger partial charge in [0.25, 0.3) is 0 Å². The van der Waals surface area contributed by atoms with Crippen molar-refractivity contribution in [2.75, 3.05) is 11.9 Å². The molecule has 1 aromatic carbocycles. The van der Waals surface area contributed by atoms with Crippen molar-refractivity contribution in [2.45, 2.75) is 56.9 Å². The lowest BCUT2D eigenvalue weighted by Gasteiger charge is -2.45. The van der Waals surface area contributed by atoms with Crippen LogP contribution in [-0.2, 0) is 0 Å². The van der Waals surface area contributed by atoms with Gasteiger partial charge in [0.05, 0.1) is 17.8 Å². The van der Waals surface area contributed by atoms with Gasteiger partial charge in [0.2, 0.25) is 0 Å². The second-order valence-corrected chi connectivity index (χ2v) is 6.75. The number of hydrogen-bond donors (Lipinski definition) is 2. The zero-order chi connectivity index (χ0) is 14.1. The van der Waals surface area contributed by atoms with Crippen LogP contribution in [0.1, 0.15) is 51.4 Å². The minimum atomic E-state index is -0.337. The molecule has 0 bridgehead atoms. The quantitative estimate of drug-likeness (QED) is 0.871. The zero-order valence-corrected chi connectivity index (χ0v) is 12.0. The number of hydrogen-bond acceptors (Lipinski definition) is 2. The average molecular weight is 277 g/mol. The molecule has 2 aliphatic rings. The van der Waals surface area contributed by atoms with Crippen LogP contribution in [0, 0.1) is 11.2 Å². The zero-order valence-electron chi connectivity index (χ0n) is 12.0. The number of nitrogens with one attached hydrogen (secondary N) is 1. The van der Waals surface area contributed by atoms with Crippen molar-refractivity contribution in [3.05, 3.63) is 30.1 Å². The summed E-state index contributed by atoms with van der Waals surface area (Å²) in [4.78, 5) is 0. The molecule has 2 fully saturated rings. The lowest BCUT2D eigenvalue weighted by molar-refractivity contribution is 0.0998. The Hall–Kier alpha value is -1.09. The fraction of sp³-hybridized carbons (Fsp3) is 0.647. The third kappa shape index (κ3) is 2.56. The predicted molar refractivity (Wildman–Crippen MR) is 79.2 cm³/mol. The first-order valence-corrected chi connectivity index (χ1v) is 7.81. The molecule has 0 aromatic heterocycles. The van der Waals surface area contributed by atoms with Crippen LogP contribution >= 0.6 is 0 Å². The molecular formula is C17H24FNO. The van der Waals surface area contributed by atoms with Crippen LogP contribution in [0.4, 0.5) is 10.1 Å². The van der Waals surface area contributed by atoms with Crippen LogP contribution < -0.4 is 5.32 Å². The molecule has 0 unspecified atom stereocenters. The van der Waals surface area contributed by atoms with Crippen LogP contribution in [-0.4, -0.2) is 17.3 Å². The van der Waals surface area contributed by atoms with Gasteiger partial charge in [0.1, 0.15) is 5.82 Å². The Kier molecular flexibility index (Phi) is 3.72. The van der Waals surface area contributed by atoms with E-state index in [2.05, 4.69) is 5.32 Å². The minimum Gasteiger partial charge on any atom is -0.394 e. The Bertz CT molecular complexity index is 458. The first-order chi connectivity index (χ1) is 9.67. The maximum Gasteiger partial charge on any atom is 0.146 e. The van der Waals surface area contributed by atoms with E-state index in [4.69, 9.17) is 0 Å². The molecule has 2 N–H and O–H groups in total. The van der Waals surface area contributed by atoms with Crippen molar-refractivity contribution >= 4 is 5.69 Å². The monoisotopic (exact) mass is 277 g/mol. The SMILES string of the molecule is OCC1(Nc2ccccc2F)CCC2(CCCC2)CC1. The number of aliphatic hydroxyl groups is 1. The van der Waals surface area contributed by atoms with E-state index in [9.17, 15) is 9.50 Å². The van der Waals surface area contributed by atoms with E-state index in [1.165, 1.54) is 31.7 Å². The van der Waals surface area contributed by atoms with Crippen LogP contribution in [0.25, 0.3) is 0 Å². The lowest BCUT2D eigenvalue weighted by Crippen LogP contribution is -2.47. The van der Waals surface area contributed by atoms with Gasteiger partial charge in [0, 0.05) is 0 Å². The molecule has 0 amide bonds. The second kappa shape index (κ2) is 5.36. The van der Waals surface area contributed by atoms with E-state index in [1.807, 2.05) is 6.07 Å². The summed E-state index contributed by atoms with van der Waals surface area (Å²) in [7, 11) is 0. The van der Waals surface area contributed by atoms with Gasteiger partial charge in [-0.2, -0.15) is 0 Å². The largest absolute Gasteiger partial charge is 0.394 e. The Morgan fingerprint density at radius 1 is 1.00 bits per heavy atom. The first kappa shape index (κ1) is 13.9. The summed E-state index contributed by atoms with van der Waals surface area (Å²) in [5.74, 6) is -0.235. The molecule has 2 aliphatic carbocycles. The molecule has 1 aromatic rings. The van der Waals surface area contributed by atoms with E-state index >= 15 is 0 Å². The minimum absolute atomic E-state index is 0.0808. The van der Waals surface area contributed by atoms with Crippen molar-refractivity contribution in [1.29, 1.82) is 0 Å². The van der Waals surface area contributed by atoms with Gasteiger partial charge in [-0.3, -0.25) is 0 Å². The number of aliphatic hydroxyl groups excluding tert-OH is 1. The highest BCUT2D eigenvalue weighted by Crippen LogP contribution is 2.51. The molecule has 0 aliphatic heterocycles. The number of rotatable bonds is 3. The molecular weight excluding hydrogens is 253 g/mol. The summed E-state index contributed by atoms with van der Waals surface area (Å²) in [5, 5.41) is 13.1. The van der Waals surface area contributed by atoms with E-state index in [1.54, 1.807) is 12.1 Å². The third-order valence-corrected chi connectivity index (χ3v) is 5.51. The molecule has 0 heterocycles. The van der Waals surface area contributed by atoms with Crippen molar-refractivity contribution in [3.63, 3.8) is 0 Å². The summed E-state index contributed by atoms with van der Waals surface area (Å²) in [6.45, 7) is 0.0808. The maximum absolute atomic E-state index is 13.8. The van der Waals surface area contributed by atoms with E-state index in [0.717, 1.165) is 25.7 Å². The molecule has 2 nitrogen and oxygen atoms in total. The van der Waals surface area contributed by atoms with Gasteiger partial charge >= 0.3 is 0 Å². The highest BCUT2D eigenvalue weighted by molar-refractivity contribution is 5.47. The topological polar surface area (TPSA) is 32.3 Å². The normalized spacial score (nSPS) is 23.9. The molecule has 1 spiro atoms. The second-order valence-electron chi connectivity index (χ2n) is 6.75. The van der Waals surface area contributed by atoms with Crippen LogP contribution in [0.2, 0.25) is 0 Å². The fourth-order valence-electron chi connectivity index (χ4n) is 4.05. The van der Waals surface area contributed by atoms with Gasteiger partial charge in [-0.05, 0) is 56.1 Å². The highest BCUT2D eigenvalue weighted by Gasteiger charge is 2.43. The molecule has 0 atom stereocenters. The summed E-state index contributed by atoms with van der Waals surface area (Å²) < 4.78 is 13.8. The Morgan fingerprint density at radius 3 is 2.25 bits per heavy atom. The van der Waals surface area contributed by atoms with Crippen molar-refractivity contribution in [2.24, 2.45) is 5.41 Å². The average Bonchev–Trinajstić information content (AvgIpc) is 2.93. The van der Waals surface area contributed by atoms with Gasteiger partial charge in [-0.25, -0.2) is 4.39 Å². The molecule has 110 valence electrons. The number of benzene rings is 1. The first-order valence-electron chi connectivity index (χ1n) is 7.81. The number of para-hydroxylation sites is 1. The molecule has 3 rings (SSSR count). The van der Waals surface area contributed by atoms with Crippen LogP contribution in [0.5, 0.6) is 0 Å². The van der Waals surface area contributed by atoms with Crippen LogP contribution in [0.3, 0.4) is 0 Å². The van der Waals surface area contributed by atoms with Gasteiger partial charge in [-0.15, -0.1) is 0 Å². The van der Waals surface area contributed by atoms with Gasteiger partial charge < -0.3 is 10.4 Å². The number of anilines is 1. The smallest absolute Gasteiger partial charge is 0.146 e. The van der Waals surface area contributed by atoms with E-state index < -0.39 is 0 Å². The standard InChI is InChI=1S/C17H24FNO/c18-14-5-1-2-6-15(14)19-17(13-20)11-9-16(10-12-17)7-3-4-8-16/h1-2,5-6,19-20H,3-4,7-13H2. The third-order valence-electron chi connectivity index (χ3n) is 5.51. The number of halogens is 1. The van der Waals surface area contributed by atoms with E-state index in [0.29, 0.717) is 11.1 Å². The fourth-order valence-corrected chi connectivity index (χ4v) is 4.05. The Morgan fingerprint density at radius 2 is 1.65 bits per heavy atom.